The lowest BCUT2D eigenvalue weighted by atomic mass is 9.88. The maximum Gasteiger partial charge on any atom is 0.437 e. The molecule has 0 aromatic carbocycles. The summed E-state index contributed by atoms with van der Waals surface area (Å²) in [7, 11) is 0. The lowest BCUT2D eigenvalue weighted by Crippen LogP contribution is -2.42. The Balaban J connectivity index is 1.41. The molecule has 0 aliphatic carbocycles. The molecule has 0 atom stereocenters. The molecule has 10 heteroatoms. The third kappa shape index (κ3) is 2.75. The van der Waals surface area contributed by atoms with Gasteiger partial charge < -0.3 is 4.90 Å². The van der Waals surface area contributed by atoms with E-state index in [9.17, 15) is 18.0 Å². The maximum absolute atomic E-state index is 12.9. The first-order chi connectivity index (χ1) is 11.9. The molecule has 2 aromatic heterocycles. The molecule has 1 saturated heterocycles. The third-order valence-corrected chi connectivity index (χ3v) is 4.81. The van der Waals surface area contributed by atoms with Crippen LogP contribution in [-0.2, 0) is 0 Å². The molecule has 4 rings (SSSR count). The molecular formula is C15H15F3N6O. The van der Waals surface area contributed by atoms with Gasteiger partial charge in [-0.25, -0.2) is 9.50 Å². The van der Waals surface area contributed by atoms with Gasteiger partial charge in [0.15, 0.2) is 5.69 Å². The number of piperidine rings is 1. The number of hydrogen-bond donors (Lipinski definition) is 0. The Hall–Kier alpha value is -2.52. The Labute approximate surface area is 140 Å². The molecule has 0 radical (unpaired) electrons. The molecule has 0 unspecified atom stereocenters. The van der Waals surface area contributed by atoms with E-state index in [0.29, 0.717) is 37.1 Å². The van der Waals surface area contributed by atoms with Crippen molar-refractivity contribution in [3.8, 4) is 0 Å². The SMILES string of the molecule is O=C(c1ncnn2cccc12)N1CCC(CC2(C(F)(F)F)N=N2)CC1. The lowest BCUT2D eigenvalue weighted by molar-refractivity contribution is -0.168. The fraction of sp³-hybridized carbons (Fsp3) is 0.533. The summed E-state index contributed by atoms with van der Waals surface area (Å²) >= 11 is 0. The molecule has 2 aliphatic heterocycles. The predicted molar refractivity (Wildman–Crippen MR) is 79.9 cm³/mol. The first-order valence-electron chi connectivity index (χ1n) is 7.98. The number of aromatic nitrogens is 3. The van der Waals surface area contributed by atoms with Gasteiger partial charge in [0.2, 0.25) is 0 Å². The maximum atomic E-state index is 12.9. The number of carbonyl (C=O) groups is 1. The number of likely N-dealkylation sites (tertiary alicyclic amines) is 1. The number of amides is 1. The van der Waals surface area contributed by atoms with Crippen molar-refractivity contribution in [3.05, 3.63) is 30.4 Å². The highest BCUT2D eigenvalue weighted by atomic mass is 19.4. The van der Waals surface area contributed by atoms with Crippen LogP contribution < -0.4 is 0 Å². The molecule has 2 aromatic rings. The normalized spacial score (nSPS) is 20.2. The Morgan fingerprint density at radius 2 is 2.00 bits per heavy atom. The fourth-order valence-corrected chi connectivity index (χ4v) is 3.29. The largest absolute Gasteiger partial charge is 0.437 e. The Bertz CT molecular complexity index is 831. The van der Waals surface area contributed by atoms with Crippen LogP contribution in [0, 0.1) is 5.92 Å². The first-order valence-corrected chi connectivity index (χ1v) is 7.98. The van der Waals surface area contributed by atoms with Crippen LogP contribution in [0.4, 0.5) is 13.2 Å². The van der Waals surface area contributed by atoms with Crippen LogP contribution in [0.3, 0.4) is 0 Å². The summed E-state index contributed by atoms with van der Waals surface area (Å²) < 4.78 is 40.3. The molecule has 0 bridgehead atoms. The standard InChI is InChI=1S/C15H15F3N6O/c16-15(17,18)14(21-22-14)8-10-3-6-23(7-4-10)13(25)12-11-2-1-5-24(11)20-9-19-12/h1-2,5,9-10H,3-4,6-8H2. The van der Waals surface area contributed by atoms with Crippen molar-refractivity contribution in [2.24, 2.45) is 16.1 Å². The monoisotopic (exact) mass is 352 g/mol. The highest BCUT2D eigenvalue weighted by Gasteiger charge is 2.64. The van der Waals surface area contributed by atoms with Crippen LogP contribution in [0.2, 0.25) is 0 Å². The quantitative estimate of drug-likeness (QED) is 0.852. The molecule has 0 saturated carbocycles. The van der Waals surface area contributed by atoms with E-state index in [1.807, 2.05) is 0 Å². The number of halogens is 3. The van der Waals surface area contributed by atoms with Crippen LogP contribution >= 0.6 is 0 Å². The van der Waals surface area contributed by atoms with Crippen molar-refractivity contribution in [2.75, 3.05) is 13.1 Å². The van der Waals surface area contributed by atoms with E-state index < -0.39 is 11.8 Å². The average molecular weight is 352 g/mol. The van der Waals surface area contributed by atoms with Crippen molar-refractivity contribution in [1.82, 2.24) is 19.5 Å². The molecule has 0 spiro atoms. The van der Waals surface area contributed by atoms with Gasteiger partial charge in [0.05, 0.1) is 5.52 Å². The summed E-state index contributed by atoms with van der Waals surface area (Å²) in [6.07, 6.45) is -0.528. The Morgan fingerprint density at radius 1 is 1.28 bits per heavy atom. The molecule has 25 heavy (non-hydrogen) atoms. The number of carbonyl (C=O) groups excluding carboxylic acids is 1. The number of nitrogens with zero attached hydrogens (tertiary/aromatic N) is 6. The van der Waals surface area contributed by atoms with Crippen molar-refractivity contribution in [3.63, 3.8) is 0 Å². The molecular weight excluding hydrogens is 337 g/mol. The second-order valence-corrected chi connectivity index (χ2v) is 6.40. The predicted octanol–water partition coefficient (Wildman–Crippen LogP) is 2.70. The fourth-order valence-electron chi connectivity index (χ4n) is 3.29. The topological polar surface area (TPSA) is 75.2 Å². The first kappa shape index (κ1) is 16.0. The van der Waals surface area contributed by atoms with Gasteiger partial charge in [-0.15, -0.1) is 10.2 Å². The summed E-state index contributed by atoms with van der Waals surface area (Å²) in [5, 5.41) is 10.5. The number of rotatable bonds is 3. The van der Waals surface area contributed by atoms with Crippen LogP contribution in [0.1, 0.15) is 29.8 Å². The van der Waals surface area contributed by atoms with Crippen LogP contribution in [0.5, 0.6) is 0 Å². The van der Waals surface area contributed by atoms with E-state index in [1.54, 1.807) is 27.7 Å². The number of hydrogen-bond acceptors (Lipinski definition) is 5. The number of fused-ring (bicyclic) bond motifs is 1. The molecule has 1 amide bonds. The lowest BCUT2D eigenvalue weighted by Gasteiger charge is -2.33. The van der Waals surface area contributed by atoms with Crippen LogP contribution in [0.25, 0.3) is 5.52 Å². The van der Waals surface area contributed by atoms with E-state index in [4.69, 9.17) is 0 Å². The Kier molecular flexibility index (Phi) is 3.51. The van der Waals surface area contributed by atoms with Gasteiger partial charge in [0.25, 0.3) is 11.6 Å². The zero-order valence-corrected chi connectivity index (χ0v) is 13.1. The van der Waals surface area contributed by atoms with Gasteiger partial charge in [0, 0.05) is 25.7 Å². The highest BCUT2D eigenvalue weighted by Crippen LogP contribution is 2.49. The summed E-state index contributed by atoms with van der Waals surface area (Å²) in [6, 6.07) is 3.52. The second-order valence-electron chi connectivity index (χ2n) is 6.40. The molecule has 4 heterocycles. The molecule has 1 fully saturated rings. The Morgan fingerprint density at radius 3 is 2.64 bits per heavy atom. The summed E-state index contributed by atoms with van der Waals surface area (Å²) in [5.74, 6) is -0.379. The van der Waals surface area contributed by atoms with Gasteiger partial charge >= 0.3 is 6.18 Å². The van der Waals surface area contributed by atoms with Crippen molar-refractivity contribution < 1.29 is 18.0 Å². The van der Waals surface area contributed by atoms with Gasteiger partial charge in [-0.05, 0) is 30.9 Å². The van der Waals surface area contributed by atoms with Crippen molar-refractivity contribution in [1.29, 1.82) is 0 Å². The van der Waals surface area contributed by atoms with Crippen LogP contribution in [-0.4, -0.2) is 50.3 Å². The van der Waals surface area contributed by atoms with E-state index in [0.717, 1.165) is 0 Å². The van der Waals surface area contributed by atoms with Crippen molar-refractivity contribution in [2.45, 2.75) is 31.1 Å². The molecule has 7 nitrogen and oxygen atoms in total. The summed E-state index contributed by atoms with van der Waals surface area (Å²) in [5.41, 5.74) is -1.28. The summed E-state index contributed by atoms with van der Waals surface area (Å²) in [4.78, 5) is 18.4. The minimum absolute atomic E-state index is 0.130. The molecule has 0 N–H and O–H groups in total. The van der Waals surface area contributed by atoms with Gasteiger partial charge in [-0.2, -0.15) is 18.3 Å². The van der Waals surface area contributed by atoms with Gasteiger partial charge in [-0.3, -0.25) is 4.79 Å². The van der Waals surface area contributed by atoms with Gasteiger partial charge in [-0.1, -0.05) is 0 Å². The van der Waals surface area contributed by atoms with Crippen LogP contribution in [0.15, 0.2) is 34.9 Å². The van der Waals surface area contributed by atoms with Gasteiger partial charge in [0.1, 0.15) is 6.33 Å². The minimum Gasteiger partial charge on any atom is -0.337 e. The zero-order chi connectivity index (χ0) is 17.7. The smallest absolute Gasteiger partial charge is 0.337 e. The van der Waals surface area contributed by atoms with Crippen molar-refractivity contribution >= 4 is 11.4 Å². The molecule has 2 aliphatic rings. The highest BCUT2D eigenvalue weighted by molar-refractivity contribution is 5.98. The third-order valence-electron chi connectivity index (χ3n) is 4.81. The van der Waals surface area contributed by atoms with E-state index >= 15 is 0 Å². The minimum atomic E-state index is -4.43. The van der Waals surface area contributed by atoms with E-state index in [1.165, 1.54) is 6.33 Å². The average Bonchev–Trinajstić information content (AvgIpc) is 3.22. The molecule has 132 valence electrons. The second kappa shape index (κ2) is 5.50. The number of alkyl halides is 3. The van der Waals surface area contributed by atoms with E-state index in [2.05, 4.69) is 20.3 Å². The van der Waals surface area contributed by atoms with E-state index in [-0.39, 0.29) is 18.2 Å². The summed E-state index contributed by atoms with van der Waals surface area (Å²) in [6.45, 7) is 0.794. The zero-order valence-electron chi connectivity index (χ0n) is 13.1.